The smallest absolute Gasteiger partial charge is 0.429 e. The standard InChI is InChI=1S/C26H49NO6S/c1-21(28)17-15-13-11-9-7-8-10-12-14-16-18-23-19-20-24(22(2)27(23)34(6,30)31)32-25(29)33-26(3,4)5/h22-24H,7-20H2,1-6H3/t22-,23+,24-/m1/s1. The molecule has 1 aliphatic heterocycles. The number of ketones is 1. The van der Waals surface area contributed by atoms with Crippen molar-refractivity contribution in [2.45, 2.75) is 148 Å². The van der Waals surface area contributed by atoms with Gasteiger partial charge in [-0.25, -0.2) is 13.2 Å². The second-order valence-corrected chi connectivity index (χ2v) is 12.8. The summed E-state index contributed by atoms with van der Waals surface area (Å²) in [7, 11) is -3.41. The minimum atomic E-state index is -3.41. The van der Waals surface area contributed by atoms with Gasteiger partial charge in [0.05, 0.1) is 12.3 Å². The highest BCUT2D eigenvalue weighted by Gasteiger charge is 2.41. The summed E-state index contributed by atoms with van der Waals surface area (Å²) in [5, 5.41) is 0. The fraction of sp³-hybridized carbons (Fsp3) is 0.923. The zero-order valence-electron chi connectivity index (χ0n) is 22.4. The number of ether oxygens (including phenoxy) is 2. The van der Waals surface area contributed by atoms with Gasteiger partial charge >= 0.3 is 6.16 Å². The molecule has 0 aromatic heterocycles. The highest BCUT2D eigenvalue weighted by atomic mass is 32.2. The summed E-state index contributed by atoms with van der Waals surface area (Å²) in [6.07, 6.45) is 14.5. The fourth-order valence-electron chi connectivity index (χ4n) is 4.79. The zero-order chi connectivity index (χ0) is 25.8. The van der Waals surface area contributed by atoms with Gasteiger partial charge < -0.3 is 14.3 Å². The molecule has 1 aliphatic rings. The molecular weight excluding hydrogens is 454 g/mol. The summed E-state index contributed by atoms with van der Waals surface area (Å²) in [5.74, 6) is 0.288. The number of hydrogen-bond acceptors (Lipinski definition) is 6. The largest absolute Gasteiger partial charge is 0.509 e. The van der Waals surface area contributed by atoms with Crippen LogP contribution in [-0.4, -0.2) is 54.7 Å². The quantitative estimate of drug-likeness (QED) is 0.190. The summed E-state index contributed by atoms with van der Waals surface area (Å²) in [6.45, 7) is 8.80. The lowest BCUT2D eigenvalue weighted by Crippen LogP contribution is -2.55. The van der Waals surface area contributed by atoms with Gasteiger partial charge in [0.15, 0.2) is 0 Å². The molecule has 1 rings (SSSR count). The van der Waals surface area contributed by atoms with Crippen molar-refractivity contribution >= 4 is 22.0 Å². The van der Waals surface area contributed by atoms with Crippen molar-refractivity contribution in [1.29, 1.82) is 0 Å². The predicted molar refractivity (Wildman–Crippen MR) is 136 cm³/mol. The maximum Gasteiger partial charge on any atom is 0.509 e. The molecule has 0 spiro atoms. The monoisotopic (exact) mass is 503 g/mol. The molecule has 3 atom stereocenters. The van der Waals surface area contributed by atoms with Gasteiger partial charge in [-0.3, -0.25) is 0 Å². The number of Topliss-reactive ketones (excluding diaryl/α,β-unsaturated/α-hetero) is 1. The third-order valence-electron chi connectivity index (χ3n) is 6.42. The van der Waals surface area contributed by atoms with Crippen LogP contribution in [0.5, 0.6) is 0 Å². The third kappa shape index (κ3) is 13.1. The molecule has 0 saturated carbocycles. The molecule has 1 heterocycles. The minimum Gasteiger partial charge on any atom is -0.429 e. The predicted octanol–water partition coefficient (Wildman–Crippen LogP) is 6.39. The molecule has 0 radical (unpaired) electrons. The van der Waals surface area contributed by atoms with Gasteiger partial charge in [0, 0.05) is 12.5 Å². The molecule has 7 nitrogen and oxygen atoms in total. The van der Waals surface area contributed by atoms with E-state index in [1.54, 1.807) is 32.0 Å². The Bertz CT molecular complexity index is 715. The van der Waals surface area contributed by atoms with Crippen LogP contribution in [0.2, 0.25) is 0 Å². The molecule has 0 aromatic rings. The summed E-state index contributed by atoms with van der Waals surface area (Å²) >= 11 is 0. The average molecular weight is 504 g/mol. The van der Waals surface area contributed by atoms with Crippen molar-refractivity contribution in [3.63, 3.8) is 0 Å². The number of carbonyl (C=O) groups excluding carboxylic acids is 2. The van der Waals surface area contributed by atoms with Crippen molar-refractivity contribution in [3.8, 4) is 0 Å². The number of piperidine rings is 1. The Morgan fingerprint density at radius 1 is 0.882 bits per heavy atom. The van der Waals surface area contributed by atoms with E-state index in [1.807, 2.05) is 6.92 Å². The topological polar surface area (TPSA) is 90.0 Å². The molecule has 0 amide bonds. The van der Waals surface area contributed by atoms with Crippen LogP contribution in [0.25, 0.3) is 0 Å². The van der Waals surface area contributed by atoms with Crippen molar-refractivity contribution in [2.24, 2.45) is 0 Å². The highest BCUT2D eigenvalue weighted by Crippen LogP contribution is 2.31. The second kappa shape index (κ2) is 15.1. The Morgan fingerprint density at radius 2 is 1.38 bits per heavy atom. The molecule has 0 aromatic carbocycles. The first kappa shape index (κ1) is 30.9. The van der Waals surface area contributed by atoms with Gasteiger partial charge in [0.1, 0.15) is 17.5 Å². The van der Waals surface area contributed by atoms with E-state index in [-0.39, 0.29) is 11.8 Å². The fourth-order valence-corrected chi connectivity index (χ4v) is 6.28. The van der Waals surface area contributed by atoms with E-state index in [9.17, 15) is 18.0 Å². The molecule has 34 heavy (non-hydrogen) atoms. The third-order valence-corrected chi connectivity index (χ3v) is 7.82. The van der Waals surface area contributed by atoms with E-state index < -0.39 is 33.9 Å². The van der Waals surface area contributed by atoms with E-state index in [4.69, 9.17) is 9.47 Å². The zero-order valence-corrected chi connectivity index (χ0v) is 23.3. The van der Waals surface area contributed by atoms with Crippen molar-refractivity contribution in [2.75, 3.05) is 6.26 Å². The second-order valence-electron chi connectivity index (χ2n) is 11.0. The van der Waals surface area contributed by atoms with Crippen LogP contribution in [-0.2, 0) is 24.3 Å². The van der Waals surface area contributed by atoms with Gasteiger partial charge in [-0.05, 0) is 60.3 Å². The van der Waals surface area contributed by atoms with Gasteiger partial charge in [-0.1, -0.05) is 57.8 Å². The molecule has 0 aliphatic carbocycles. The summed E-state index contributed by atoms with van der Waals surface area (Å²) in [5.41, 5.74) is -0.648. The van der Waals surface area contributed by atoms with Crippen molar-refractivity contribution in [3.05, 3.63) is 0 Å². The van der Waals surface area contributed by atoms with E-state index in [2.05, 4.69) is 0 Å². The number of unbranched alkanes of at least 4 members (excludes halogenated alkanes) is 9. The van der Waals surface area contributed by atoms with Crippen LogP contribution in [0.1, 0.15) is 125 Å². The van der Waals surface area contributed by atoms with E-state index in [0.717, 1.165) is 32.1 Å². The summed E-state index contributed by atoms with van der Waals surface area (Å²) in [4.78, 5) is 23.0. The van der Waals surface area contributed by atoms with Crippen LogP contribution in [0.4, 0.5) is 4.79 Å². The summed E-state index contributed by atoms with van der Waals surface area (Å²) in [6, 6.07) is -0.449. The Labute approximate surface area is 208 Å². The first-order chi connectivity index (χ1) is 15.8. The molecule has 0 N–H and O–H groups in total. The highest BCUT2D eigenvalue weighted by molar-refractivity contribution is 7.88. The van der Waals surface area contributed by atoms with E-state index in [0.29, 0.717) is 19.3 Å². The van der Waals surface area contributed by atoms with Crippen molar-refractivity contribution in [1.82, 2.24) is 4.31 Å². The lowest BCUT2D eigenvalue weighted by atomic mass is 9.93. The number of hydrogen-bond donors (Lipinski definition) is 0. The van der Waals surface area contributed by atoms with Crippen molar-refractivity contribution < 1.29 is 27.5 Å². The minimum absolute atomic E-state index is 0.0431. The van der Waals surface area contributed by atoms with Crippen LogP contribution in [0.3, 0.4) is 0 Å². The lowest BCUT2D eigenvalue weighted by molar-refractivity contribution is -0.117. The van der Waals surface area contributed by atoms with Gasteiger partial charge in [0.2, 0.25) is 10.0 Å². The maximum atomic E-state index is 12.5. The van der Waals surface area contributed by atoms with Crippen LogP contribution >= 0.6 is 0 Å². The van der Waals surface area contributed by atoms with E-state index in [1.165, 1.54) is 44.8 Å². The molecule has 0 bridgehead atoms. The Morgan fingerprint density at radius 3 is 1.85 bits per heavy atom. The van der Waals surface area contributed by atoms with Gasteiger partial charge in [-0.2, -0.15) is 4.31 Å². The number of sulfonamides is 1. The molecule has 1 saturated heterocycles. The van der Waals surface area contributed by atoms with E-state index >= 15 is 0 Å². The van der Waals surface area contributed by atoms with Gasteiger partial charge in [-0.15, -0.1) is 0 Å². The molecular formula is C26H49NO6S. The van der Waals surface area contributed by atoms with Crippen LogP contribution in [0, 0.1) is 0 Å². The Balaban J connectivity index is 2.32. The van der Waals surface area contributed by atoms with Crippen LogP contribution < -0.4 is 0 Å². The first-order valence-corrected chi connectivity index (χ1v) is 15.0. The average Bonchev–Trinajstić information content (AvgIpc) is 2.68. The number of nitrogens with zero attached hydrogens (tertiary/aromatic N) is 1. The molecule has 1 fully saturated rings. The normalized spacial score (nSPS) is 21.9. The maximum absolute atomic E-state index is 12.5. The molecule has 8 heteroatoms. The van der Waals surface area contributed by atoms with Gasteiger partial charge in [0.25, 0.3) is 0 Å². The Kier molecular flexibility index (Phi) is 13.7. The SMILES string of the molecule is CC(=O)CCCCCCCCCCCC[C@H]1CC[C@@H](OC(=O)OC(C)(C)C)[C@@H](C)N1S(C)(=O)=O. The van der Waals surface area contributed by atoms with Crippen LogP contribution in [0.15, 0.2) is 0 Å². The summed E-state index contributed by atoms with van der Waals surface area (Å²) < 4.78 is 37.4. The molecule has 200 valence electrons. The molecule has 0 unspecified atom stereocenters. The number of rotatable bonds is 15. The number of carbonyl (C=O) groups is 2. The Hall–Kier alpha value is -1.15. The first-order valence-electron chi connectivity index (χ1n) is 13.2. The lowest BCUT2D eigenvalue weighted by Gasteiger charge is -2.42.